The number of nitrogens with zero attached hydrogens (tertiary/aromatic N) is 2. The molecule has 0 aliphatic rings. The van der Waals surface area contributed by atoms with E-state index >= 15 is 0 Å². The van der Waals surface area contributed by atoms with Gasteiger partial charge in [0, 0.05) is 0 Å². The number of benzene rings is 1. The van der Waals surface area contributed by atoms with Gasteiger partial charge in [-0.15, -0.1) is 5.10 Å². The Bertz CT molecular complexity index is 874. The van der Waals surface area contributed by atoms with Crippen LogP contribution in [0.4, 0.5) is 5.69 Å². The molecule has 0 aliphatic heterocycles. The molecule has 7 nitrogen and oxygen atoms in total. The van der Waals surface area contributed by atoms with E-state index in [0.29, 0.717) is 34.0 Å². The number of aryl methyl sites for hydroxylation is 1. The summed E-state index contributed by atoms with van der Waals surface area (Å²) in [6, 6.07) is 10.4. The maximum absolute atomic E-state index is 12.4. The van der Waals surface area contributed by atoms with Gasteiger partial charge in [0.05, 0.1) is 29.8 Å². The highest BCUT2D eigenvalue weighted by Crippen LogP contribution is 2.19. The van der Waals surface area contributed by atoms with Gasteiger partial charge < -0.3 is 15.1 Å². The molecule has 0 saturated carbocycles. The smallest absolute Gasteiger partial charge is 0.269 e. The lowest BCUT2D eigenvalue weighted by molar-refractivity contribution is 0.0949. The van der Waals surface area contributed by atoms with Crippen LogP contribution in [-0.2, 0) is 13.0 Å². The van der Waals surface area contributed by atoms with Crippen LogP contribution in [-0.4, -0.2) is 21.4 Å². The third-order valence-electron chi connectivity index (χ3n) is 3.52. The van der Waals surface area contributed by atoms with Crippen LogP contribution in [0.5, 0.6) is 0 Å². The molecule has 0 bridgehead atoms. The summed E-state index contributed by atoms with van der Waals surface area (Å²) in [6.07, 6.45) is 2.16. The second kappa shape index (κ2) is 7.71. The van der Waals surface area contributed by atoms with Crippen molar-refractivity contribution in [3.63, 3.8) is 0 Å². The molecule has 0 saturated heterocycles. The van der Waals surface area contributed by atoms with E-state index in [4.69, 9.17) is 4.42 Å². The molecule has 0 aliphatic carbocycles. The Morgan fingerprint density at radius 1 is 1.16 bits per heavy atom. The van der Waals surface area contributed by atoms with E-state index in [1.165, 1.54) is 0 Å². The number of para-hydroxylation sites is 1. The van der Waals surface area contributed by atoms with Crippen molar-refractivity contribution >= 4 is 29.0 Å². The van der Waals surface area contributed by atoms with E-state index in [-0.39, 0.29) is 18.4 Å². The fraction of sp³-hybridized carbons (Fsp3) is 0.176. The van der Waals surface area contributed by atoms with E-state index in [9.17, 15) is 9.59 Å². The molecule has 1 aromatic carbocycles. The number of carbonyl (C=O) groups is 2. The number of amides is 2. The Morgan fingerprint density at radius 2 is 2.00 bits per heavy atom. The Balaban J connectivity index is 1.74. The molecule has 3 rings (SSSR count). The Kier molecular flexibility index (Phi) is 5.20. The highest BCUT2D eigenvalue weighted by atomic mass is 32.1. The first-order valence-electron chi connectivity index (χ1n) is 7.71. The van der Waals surface area contributed by atoms with Crippen LogP contribution >= 0.6 is 11.5 Å². The first-order valence-corrected chi connectivity index (χ1v) is 8.48. The molecule has 2 N–H and O–H groups in total. The molecule has 3 aromatic rings. The number of carbonyl (C=O) groups excluding carboxylic acids is 2. The van der Waals surface area contributed by atoms with E-state index in [1.807, 2.05) is 6.92 Å². The minimum atomic E-state index is -0.321. The maximum Gasteiger partial charge on any atom is 0.269 e. The Hall–Kier alpha value is -3.00. The maximum atomic E-state index is 12.4. The molecule has 2 aromatic heterocycles. The van der Waals surface area contributed by atoms with Crippen molar-refractivity contribution in [3.8, 4) is 0 Å². The normalized spacial score (nSPS) is 10.4. The number of furan rings is 1. The van der Waals surface area contributed by atoms with Crippen LogP contribution in [0.15, 0.2) is 47.1 Å². The number of nitrogens with one attached hydrogen (secondary N) is 2. The first kappa shape index (κ1) is 16.8. The summed E-state index contributed by atoms with van der Waals surface area (Å²) < 4.78 is 9.00. The SMILES string of the molecule is CCc1nnsc1C(=O)Nc1ccccc1C(=O)NCc1ccco1. The standard InChI is InChI=1S/C17H16N4O3S/c1-2-13-15(25-21-20-13)17(23)19-14-8-4-3-7-12(14)16(22)18-10-11-6-5-9-24-11/h3-9H,2,10H2,1H3,(H,18,22)(H,19,23). The van der Waals surface area contributed by atoms with Gasteiger partial charge in [-0.25, -0.2) is 0 Å². The lowest BCUT2D eigenvalue weighted by atomic mass is 10.1. The summed E-state index contributed by atoms with van der Waals surface area (Å²) in [5.41, 5.74) is 1.44. The van der Waals surface area contributed by atoms with Crippen molar-refractivity contribution in [3.05, 3.63) is 64.6 Å². The molecule has 0 unspecified atom stereocenters. The highest BCUT2D eigenvalue weighted by molar-refractivity contribution is 7.08. The first-order chi connectivity index (χ1) is 12.2. The summed E-state index contributed by atoms with van der Waals surface area (Å²) in [4.78, 5) is 25.3. The van der Waals surface area contributed by atoms with Gasteiger partial charge >= 0.3 is 0 Å². The van der Waals surface area contributed by atoms with Gasteiger partial charge in [-0.1, -0.05) is 23.5 Å². The second-order valence-corrected chi connectivity index (χ2v) is 5.92. The Morgan fingerprint density at radius 3 is 2.76 bits per heavy atom. The minimum Gasteiger partial charge on any atom is -0.467 e. The fourth-order valence-corrected chi connectivity index (χ4v) is 2.90. The zero-order valence-corrected chi connectivity index (χ0v) is 14.3. The van der Waals surface area contributed by atoms with Crippen LogP contribution in [0.3, 0.4) is 0 Å². The van der Waals surface area contributed by atoms with Gasteiger partial charge in [0.2, 0.25) is 0 Å². The zero-order valence-electron chi connectivity index (χ0n) is 13.5. The van der Waals surface area contributed by atoms with Crippen LogP contribution in [0, 0.1) is 0 Å². The average molecular weight is 356 g/mol. The molecule has 25 heavy (non-hydrogen) atoms. The van der Waals surface area contributed by atoms with Crippen LogP contribution in [0.2, 0.25) is 0 Å². The van der Waals surface area contributed by atoms with E-state index in [1.54, 1.807) is 42.7 Å². The van der Waals surface area contributed by atoms with Crippen molar-refractivity contribution in [1.29, 1.82) is 0 Å². The molecule has 2 amide bonds. The molecule has 0 fully saturated rings. The van der Waals surface area contributed by atoms with Crippen molar-refractivity contribution in [2.24, 2.45) is 0 Å². The topological polar surface area (TPSA) is 97.1 Å². The molecule has 0 spiro atoms. The Labute approximate surface area is 148 Å². The fourth-order valence-electron chi connectivity index (χ4n) is 2.26. The highest BCUT2D eigenvalue weighted by Gasteiger charge is 2.18. The predicted molar refractivity (Wildman–Crippen MR) is 93.6 cm³/mol. The molecule has 128 valence electrons. The van der Waals surface area contributed by atoms with Gasteiger partial charge in [-0.05, 0) is 42.2 Å². The van der Waals surface area contributed by atoms with Crippen molar-refractivity contribution in [2.75, 3.05) is 5.32 Å². The third kappa shape index (κ3) is 3.92. The average Bonchev–Trinajstić information content (AvgIpc) is 3.31. The van der Waals surface area contributed by atoms with Crippen LogP contribution in [0.1, 0.15) is 38.4 Å². The monoisotopic (exact) mass is 356 g/mol. The van der Waals surface area contributed by atoms with Gasteiger partial charge in [0.15, 0.2) is 0 Å². The van der Waals surface area contributed by atoms with E-state index in [2.05, 4.69) is 20.2 Å². The van der Waals surface area contributed by atoms with Crippen molar-refractivity contribution < 1.29 is 14.0 Å². The number of hydrogen-bond acceptors (Lipinski definition) is 6. The lowest BCUT2D eigenvalue weighted by Crippen LogP contribution is -2.24. The van der Waals surface area contributed by atoms with E-state index < -0.39 is 0 Å². The summed E-state index contributed by atoms with van der Waals surface area (Å²) >= 11 is 1.04. The molecule has 8 heteroatoms. The molecule has 0 radical (unpaired) electrons. The quantitative estimate of drug-likeness (QED) is 0.708. The van der Waals surface area contributed by atoms with Crippen molar-refractivity contribution in [2.45, 2.75) is 19.9 Å². The molecule has 2 heterocycles. The summed E-state index contributed by atoms with van der Waals surface area (Å²) in [7, 11) is 0. The van der Waals surface area contributed by atoms with Crippen molar-refractivity contribution in [1.82, 2.24) is 14.9 Å². The largest absolute Gasteiger partial charge is 0.467 e. The predicted octanol–water partition coefficient (Wildman–Crippen LogP) is 2.88. The zero-order chi connectivity index (χ0) is 17.6. The van der Waals surface area contributed by atoms with Gasteiger partial charge in [-0.2, -0.15) is 0 Å². The number of rotatable bonds is 6. The summed E-state index contributed by atoms with van der Waals surface area (Å²) in [6.45, 7) is 2.18. The second-order valence-electron chi connectivity index (χ2n) is 5.16. The van der Waals surface area contributed by atoms with Gasteiger partial charge in [0.1, 0.15) is 10.6 Å². The molecule has 0 atom stereocenters. The summed E-state index contributed by atoms with van der Waals surface area (Å²) in [5.74, 6) is 0.0294. The lowest BCUT2D eigenvalue weighted by Gasteiger charge is -2.10. The van der Waals surface area contributed by atoms with Crippen LogP contribution in [0.25, 0.3) is 0 Å². The number of anilines is 1. The summed E-state index contributed by atoms with van der Waals surface area (Å²) in [5, 5.41) is 9.47. The van der Waals surface area contributed by atoms with E-state index in [0.717, 1.165) is 11.5 Å². The third-order valence-corrected chi connectivity index (χ3v) is 4.29. The van der Waals surface area contributed by atoms with Crippen LogP contribution < -0.4 is 10.6 Å². The number of aromatic nitrogens is 2. The van der Waals surface area contributed by atoms with Gasteiger partial charge in [-0.3, -0.25) is 9.59 Å². The van der Waals surface area contributed by atoms with Gasteiger partial charge in [0.25, 0.3) is 11.8 Å². The minimum absolute atomic E-state index is 0.271. The molecular weight excluding hydrogens is 340 g/mol. The molecular formula is C17H16N4O3S. The number of hydrogen-bond donors (Lipinski definition) is 2.